The van der Waals surface area contributed by atoms with Gasteiger partial charge in [0.25, 0.3) is 5.91 Å². The Balaban J connectivity index is 1.95. The van der Waals surface area contributed by atoms with E-state index in [4.69, 9.17) is 4.74 Å². The van der Waals surface area contributed by atoms with Crippen LogP contribution < -0.4 is 4.74 Å². The molecule has 0 spiro atoms. The number of aromatic hydroxyl groups is 1. The molecule has 0 aliphatic heterocycles. The van der Waals surface area contributed by atoms with Gasteiger partial charge in [-0.3, -0.25) is 4.79 Å². The highest BCUT2D eigenvalue weighted by molar-refractivity contribution is 14.1. The molecule has 6 nitrogen and oxygen atoms in total. The summed E-state index contributed by atoms with van der Waals surface area (Å²) < 4.78 is 6.88. The monoisotopic (exact) mass is 513 g/mol. The van der Waals surface area contributed by atoms with Gasteiger partial charge in [0.15, 0.2) is 5.69 Å². The summed E-state index contributed by atoms with van der Waals surface area (Å²) in [5, 5.41) is 18.5. The van der Waals surface area contributed by atoms with Crippen molar-refractivity contribution in [1.29, 1.82) is 0 Å². The first-order chi connectivity index (χ1) is 11.9. The third kappa shape index (κ3) is 3.54. The molecule has 3 rings (SSSR count). The number of azo groups is 1. The maximum Gasteiger partial charge on any atom is 0.295 e. The van der Waals surface area contributed by atoms with E-state index >= 15 is 0 Å². The van der Waals surface area contributed by atoms with Crippen LogP contribution in [0.2, 0.25) is 0 Å². The summed E-state index contributed by atoms with van der Waals surface area (Å²) in [5.41, 5.74) is 2.32. The Hall–Kier alpha value is -1.94. The maximum absolute atomic E-state index is 12.3. The molecule has 25 heavy (non-hydrogen) atoms. The molecular formula is C17H13BrIN3O3. The van der Waals surface area contributed by atoms with Crippen molar-refractivity contribution in [3.05, 3.63) is 49.5 Å². The van der Waals surface area contributed by atoms with Gasteiger partial charge in [-0.25, -0.2) is 0 Å². The molecule has 0 saturated carbocycles. The van der Waals surface area contributed by atoms with Crippen molar-refractivity contribution >= 4 is 61.0 Å². The van der Waals surface area contributed by atoms with Crippen LogP contribution in [0, 0.1) is 10.5 Å². The minimum atomic E-state index is -0.497. The zero-order valence-electron chi connectivity index (χ0n) is 13.3. The summed E-state index contributed by atoms with van der Waals surface area (Å²) in [6.45, 7) is 1.93. The predicted octanol–water partition coefficient (Wildman–Crippen LogP) is 5.48. The van der Waals surface area contributed by atoms with Gasteiger partial charge in [0, 0.05) is 15.4 Å². The lowest BCUT2D eigenvalue weighted by atomic mass is 10.1. The largest absolute Gasteiger partial charge is 0.496 e. The predicted molar refractivity (Wildman–Crippen MR) is 107 cm³/mol. The molecule has 2 N–H and O–H groups in total. The van der Waals surface area contributed by atoms with Crippen LogP contribution in [-0.4, -0.2) is 23.1 Å². The lowest BCUT2D eigenvalue weighted by Crippen LogP contribution is -1.96. The van der Waals surface area contributed by atoms with E-state index in [9.17, 15) is 9.90 Å². The van der Waals surface area contributed by atoms with E-state index in [1.165, 1.54) is 0 Å². The van der Waals surface area contributed by atoms with Crippen LogP contribution in [0.3, 0.4) is 0 Å². The molecule has 0 unspecified atom stereocenters. The molecule has 128 valence electrons. The fraction of sp³-hybridized carbons (Fsp3) is 0.118. The Kier molecular flexibility index (Phi) is 5.09. The Morgan fingerprint density at radius 1 is 1.32 bits per heavy atom. The van der Waals surface area contributed by atoms with Gasteiger partial charge in [-0.2, -0.15) is 0 Å². The second kappa shape index (κ2) is 7.12. The number of methoxy groups -OCH3 is 1. The molecule has 0 aliphatic rings. The third-order valence-corrected chi connectivity index (χ3v) is 5.37. The Bertz CT molecular complexity index is 1010. The number of rotatable bonds is 3. The number of ether oxygens (including phenoxy) is 1. The van der Waals surface area contributed by atoms with Crippen molar-refractivity contribution in [3.8, 4) is 11.6 Å². The van der Waals surface area contributed by atoms with E-state index in [1.54, 1.807) is 25.3 Å². The Morgan fingerprint density at radius 3 is 2.76 bits per heavy atom. The summed E-state index contributed by atoms with van der Waals surface area (Å²) in [6.07, 6.45) is 0. The molecule has 0 atom stereocenters. The highest BCUT2D eigenvalue weighted by atomic mass is 127. The zero-order valence-corrected chi connectivity index (χ0v) is 17.0. The number of aromatic amines is 1. The van der Waals surface area contributed by atoms with Crippen LogP contribution in [0.25, 0.3) is 10.9 Å². The number of hydrogen-bond acceptors (Lipinski definition) is 4. The lowest BCUT2D eigenvalue weighted by molar-refractivity contribution is 0.0995. The third-order valence-electron chi connectivity index (χ3n) is 3.67. The van der Waals surface area contributed by atoms with Crippen molar-refractivity contribution in [2.45, 2.75) is 6.92 Å². The maximum atomic E-state index is 12.3. The van der Waals surface area contributed by atoms with E-state index in [0.29, 0.717) is 22.2 Å². The van der Waals surface area contributed by atoms with E-state index in [1.807, 2.05) is 19.1 Å². The number of amides is 1. The summed E-state index contributed by atoms with van der Waals surface area (Å²) in [7, 11) is 1.57. The van der Waals surface area contributed by atoms with E-state index in [0.717, 1.165) is 13.6 Å². The van der Waals surface area contributed by atoms with Crippen molar-refractivity contribution in [2.24, 2.45) is 10.2 Å². The molecule has 1 heterocycles. The number of benzene rings is 2. The number of aromatic nitrogens is 1. The number of carbonyl (C=O) groups is 1. The second-order valence-corrected chi connectivity index (χ2v) is 7.34. The summed E-state index contributed by atoms with van der Waals surface area (Å²) >= 11 is 5.52. The lowest BCUT2D eigenvalue weighted by Gasteiger charge is -2.03. The minimum Gasteiger partial charge on any atom is -0.496 e. The highest BCUT2D eigenvalue weighted by Crippen LogP contribution is 2.38. The number of halogens is 2. The van der Waals surface area contributed by atoms with Crippen LogP contribution in [0.5, 0.6) is 11.6 Å². The van der Waals surface area contributed by atoms with Gasteiger partial charge >= 0.3 is 0 Å². The van der Waals surface area contributed by atoms with E-state index in [2.05, 4.69) is 53.7 Å². The smallest absolute Gasteiger partial charge is 0.295 e. The second-order valence-electron chi connectivity index (χ2n) is 5.32. The van der Waals surface area contributed by atoms with Crippen molar-refractivity contribution in [1.82, 2.24) is 4.98 Å². The van der Waals surface area contributed by atoms with Crippen molar-refractivity contribution < 1.29 is 14.6 Å². The van der Waals surface area contributed by atoms with Gasteiger partial charge in [-0.15, -0.1) is 10.2 Å². The van der Waals surface area contributed by atoms with Gasteiger partial charge in [-0.05, 0) is 65.4 Å². The Morgan fingerprint density at radius 2 is 2.08 bits per heavy atom. The number of nitrogens with zero attached hydrogens (tertiary/aromatic N) is 2. The summed E-state index contributed by atoms with van der Waals surface area (Å²) in [6, 6.07) is 8.71. The molecule has 1 amide bonds. The normalized spacial score (nSPS) is 11.4. The number of fused-ring (bicyclic) bond motifs is 1. The molecule has 3 aromatic rings. The molecular weight excluding hydrogens is 501 g/mol. The number of carbonyl (C=O) groups excluding carboxylic acids is 1. The SMILES string of the molecule is COc1ccc(C(=O)N=Nc2c(O)[nH]c3cc(Br)c(C)cc23)cc1I. The molecule has 2 aromatic carbocycles. The fourth-order valence-corrected chi connectivity index (χ4v) is 3.43. The molecule has 1 aromatic heterocycles. The van der Waals surface area contributed by atoms with E-state index in [-0.39, 0.29) is 11.6 Å². The zero-order chi connectivity index (χ0) is 18.1. The number of hydrogen-bond donors (Lipinski definition) is 2. The highest BCUT2D eigenvalue weighted by Gasteiger charge is 2.14. The van der Waals surface area contributed by atoms with Crippen molar-refractivity contribution in [2.75, 3.05) is 7.11 Å². The first kappa shape index (κ1) is 17.9. The van der Waals surface area contributed by atoms with Crippen molar-refractivity contribution in [3.63, 3.8) is 0 Å². The first-order valence-electron chi connectivity index (χ1n) is 7.21. The summed E-state index contributed by atoms with van der Waals surface area (Å²) in [5.74, 6) is 0.0564. The Labute approximate surface area is 165 Å². The standard InChI is InChI=1S/C17H13BrIN3O3/c1-8-5-10-13(7-11(8)18)20-17(24)15(10)21-22-16(23)9-3-4-14(25-2)12(19)6-9/h3-7,20,24H,1-2H3. The van der Waals surface area contributed by atoms with Crippen LogP contribution >= 0.6 is 38.5 Å². The van der Waals surface area contributed by atoms with Crippen LogP contribution in [0.1, 0.15) is 15.9 Å². The molecule has 8 heteroatoms. The van der Waals surface area contributed by atoms with Gasteiger partial charge < -0.3 is 14.8 Å². The van der Waals surface area contributed by atoms with Gasteiger partial charge in [0.05, 0.1) is 16.2 Å². The van der Waals surface area contributed by atoms with E-state index < -0.39 is 5.91 Å². The molecule has 0 aliphatic carbocycles. The molecule has 0 radical (unpaired) electrons. The van der Waals surface area contributed by atoms with Gasteiger partial charge in [-0.1, -0.05) is 15.9 Å². The quantitative estimate of drug-likeness (QED) is 0.359. The van der Waals surface area contributed by atoms with Crippen LogP contribution in [-0.2, 0) is 0 Å². The average molecular weight is 514 g/mol. The fourth-order valence-electron chi connectivity index (χ4n) is 2.35. The molecule has 0 saturated heterocycles. The minimum absolute atomic E-state index is 0.131. The summed E-state index contributed by atoms with van der Waals surface area (Å²) in [4.78, 5) is 15.1. The van der Waals surface area contributed by atoms with Crippen LogP contribution in [0.15, 0.2) is 45.0 Å². The van der Waals surface area contributed by atoms with Gasteiger partial charge in [0.1, 0.15) is 5.75 Å². The van der Waals surface area contributed by atoms with Gasteiger partial charge in [0.2, 0.25) is 5.88 Å². The number of nitrogens with one attached hydrogen (secondary N) is 1. The first-order valence-corrected chi connectivity index (χ1v) is 9.08. The number of aryl methyl sites for hydroxylation is 1. The molecule has 0 bridgehead atoms. The topological polar surface area (TPSA) is 87.0 Å². The molecule has 0 fully saturated rings. The van der Waals surface area contributed by atoms with Crippen LogP contribution in [0.4, 0.5) is 5.69 Å². The number of H-pyrrole nitrogens is 1. The average Bonchev–Trinajstić information content (AvgIpc) is 2.87.